The third-order valence-electron chi connectivity index (χ3n) is 5.21. The lowest BCUT2D eigenvalue weighted by molar-refractivity contribution is -0.149. The van der Waals surface area contributed by atoms with E-state index in [0.29, 0.717) is 38.5 Å². The fourth-order valence-electron chi connectivity index (χ4n) is 3.35. The minimum Gasteiger partial charge on any atom is -0.459 e. The van der Waals surface area contributed by atoms with Crippen LogP contribution in [0.15, 0.2) is 12.2 Å². The van der Waals surface area contributed by atoms with Crippen LogP contribution < -0.4 is 0 Å². The van der Waals surface area contributed by atoms with Crippen LogP contribution in [0.2, 0.25) is 0 Å². The molecule has 0 spiro atoms. The van der Waals surface area contributed by atoms with E-state index in [2.05, 4.69) is 6.92 Å². The van der Waals surface area contributed by atoms with Crippen LogP contribution >= 0.6 is 0 Å². The Bertz CT molecular complexity index is 549. The van der Waals surface area contributed by atoms with Crippen LogP contribution in [0.25, 0.3) is 0 Å². The maximum atomic E-state index is 12.0. The van der Waals surface area contributed by atoms with Crippen LogP contribution in [0.3, 0.4) is 0 Å². The SMILES string of the molecule is CCCCCC(=O)C/C=C/C(=O)CCC(=O)CCCC1(CC)CCC(=O)O1. The van der Waals surface area contributed by atoms with Crippen LogP contribution in [0, 0.1) is 0 Å². The molecule has 1 aliphatic heterocycles. The minimum atomic E-state index is -0.389. The van der Waals surface area contributed by atoms with E-state index in [1.54, 1.807) is 6.08 Å². The smallest absolute Gasteiger partial charge is 0.306 e. The van der Waals surface area contributed by atoms with Gasteiger partial charge in [0, 0.05) is 38.5 Å². The predicted molar refractivity (Wildman–Crippen MR) is 104 cm³/mol. The molecule has 27 heavy (non-hydrogen) atoms. The van der Waals surface area contributed by atoms with Gasteiger partial charge in [-0.3, -0.25) is 19.2 Å². The van der Waals surface area contributed by atoms with Gasteiger partial charge in [0.2, 0.25) is 0 Å². The molecule has 0 radical (unpaired) electrons. The number of carbonyl (C=O) groups excluding carboxylic acids is 4. The lowest BCUT2D eigenvalue weighted by Gasteiger charge is -2.25. The van der Waals surface area contributed by atoms with Gasteiger partial charge in [-0.05, 0) is 38.2 Å². The van der Waals surface area contributed by atoms with Crippen molar-refractivity contribution < 1.29 is 23.9 Å². The molecule has 1 unspecified atom stereocenters. The second kappa shape index (κ2) is 12.6. The Balaban J connectivity index is 2.16. The lowest BCUT2D eigenvalue weighted by Crippen LogP contribution is -2.27. The molecule has 5 heteroatoms. The number of hydrogen-bond acceptors (Lipinski definition) is 5. The number of rotatable bonds is 15. The lowest BCUT2D eigenvalue weighted by atomic mass is 9.90. The average molecular weight is 379 g/mol. The number of allylic oxidation sites excluding steroid dienone is 2. The topological polar surface area (TPSA) is 77.5 Å². The summed E-state index contributed by atoms with van der Waals surface area (Å²) in [4.78, 5) is 46.7. The van der Waals surface area contributed by atoms with Gasteiger partial charge < -0.3 is 4.74 Å². The van der Waals surface area contributed by atoms with Gasteiger partial charge in [-0.25, -0.2) is 0 Å². The summed E-state index contributed by atoms with van der Waals surface area (Å²) in [7, 11) is 0. The first-order valence-electron chi connectivity index (χ1n) is 10.4. The Morgan fingerprint density at radius 2 is 1.74 bits per heavy atom. The molecule has 1 fully saturated rings. The number of hydrogen-bond donors (Lipinski definition) is 0. The number of esters is 1. The Kier molecular flexibility index (Phi) is 10.8. The van der Waals surface area contributed by atoms with Crippen molar-refractivity contribution in [2.75, 3.05) is 0 Å². The molecular weight excluding hydrogens is 344 g/mol. The van der Waals surface area contributed by atoms with Gasteiger partial charge in [0.25, 0.3) is 0 Å². The summed E-state index contributed by atoms with van der Waals surface area (Å²) in [5, 5.41) is 0. The molecule has 0 aromatic heterocycles. The Hall–Kier alpha value is -1.78. The van der Waals surface area contributed by atoms with E-state index in [1.165, 1.54) is 6.08 Å². The van der Waals surface area contributed by atoms with Crippen LogP contribution in [0.1, 0.15) is 97.3 Å². The van der Waals surface area contributed by atoms with Crippen molar-refractivity contribution >= 4 is 23.3 Å². The molecule has 1 heterocycles. The van der Waals surface area contributed by atoms with Crippen molar-refractivity contribution in [2.24, 2.45) is 0 Å². The van der Waals surface area contributed by atoms with Crippen LogP contribution in [0.4, 0.5) is 0 Å². The fourth-order valence-corrected chi connectivity index (χ4v) is 3.35. The van der Waals surface area contributed by atoms with Gasteiger partial charge in [0.1, 0.15) is 17.2 Å². The van der Waals surface area contributed by atoms with E-state index in [0.717, 1.165) is 32.1 Å². The summed E-state index contributed by atoms with van der Waals surface area (Å²) in [5.74, 6) is -0.0483. The van der Waals surface area contributed by atoms with Crippen molar-refractivity contribution in [3.8, 4) is 0 Å². The highest BCUT2D eigenvalue weighted by atomic mass is 16.6. The minimum absolute atomic E-state index is 0.0583. The quantitative estimate of drug-likeness (QED) is 0.235. The van der Waals surface area contributed by atoms with Gasteiger partial charge in [-0.15, -0.1) is 0 Å². The zero-order valence-corrected chi connectivity index (χ0v) is 16.9. The first-order chi connectivity index (χ1) is 12.9. The molecule has 1 aliphatic rings. The molecule has 0 aromatic rings. The van der Waals surface area contributed by atoms with Gasteiger partial charge >= 0.3 is 5.97 Å². The van der Waals surface area contributed by atoms with E-state index >= 15 is 0 Å². The van der Waals surface area contributed by atoms with Crippen molar-refractivity contribution in [1.29, 1.82) is 0 Å². The molecule has 1 rings (SSSR count). The average Bonchev–Trinajstić information content (AvgIpc) is 3.01. The first kappa shape index (κ1) is 23.3. The third kappa shape index (κ3) is 9.64. The fraction of sp³-hybridized carbons (Fsp3) is 0.727. The number of cyclic esters (lactones) is 1. The van der Waals surface area contributed by atoms with Gasteiger partial charge in [-0.2, -0.15) is 0 Å². The summed E-state index contributed by atoms with van der Waals surface area (Å²) >= 11 is 0. The summed E-state index contributed by atoms with van der Waals surface area (Å²) < 4.78 is 5.43. The molecule has 0 aromatic carbocycles. The summed E-state index contributed by atoms with van der Waals surface area (Å²) in [5.41, 5.74) is -0.389. The molecule has 0 N–H and O–H groups in total. The molecule has 1 atom stereocenters. The maximum absolute atomic E-state index is 12.0. The van der Waals surface area contributed by atoms with E-state index in [-0.39, 0.29) is 41.8 Å². The standard InChI is InChI=1S/C22H34O5/c1-3-5-6-9-18(23)10-7-11-19(24)13-14-20(25)12-8-16-22(4-2)17-15-21(26)27-22/h7,11H,3-6,8-10,12-17H2,1-2H3/b11-7+. The largest absolute Gasteiger partial charge is 0.459 e. The van der Waals surface area contributed by atoms with E-state index < -0.39 is 0 Å². The molecule has 0 bridgehead atoms. The zero-order chi connectivity index (χ0) is 20.1. The van der Waals surface area contributed by atoms with Crippen molar-refractivity contribution in [1.82, 2.24) is 0 Å². The number of carbonyl (C=O) groups is 4. The Morgan fingerprint density at radius 3 is 2.37 bits per heavy atom. The zero-order valence-electron chi connectivity index (χ0n) is 16.9. The molecule has 0 aliphatic carbocycles. The highest BCUT2D eigenvalue weighted by Gasteiger charge is 2.38. The number of ether oxygens (including phenoxy) is 1. The molecular formula is C22H34O5. The van der Waals surface area contributed by atoms with Crippen molar-refractivity contribution in [3.63, 3.8) is 0 Å². The molecule has 1 saturated heterocycles. The van der Waals surface area contributed by atoms with Crippen LogP contribution in [-0.2, 0) is 23.9 Å². The van der Waals surface area contributed by atoms with E-state index in [1.807, 2.05) is 6.92 Å². The molecule has 152 valence electrons. The molecule has 0 saturated carbocycles. The Morgan fingerprint density at radius 1 is 1.00 bits per heavy atom. The highest BCUT2D eigenvalue weighted by molar-refractivity contribution is 5.93. The summed E-state index contributed by atoms with van der Waals surface area (Å²) in [6.07, 6.45) is 11.1. The van der Waals surface area contributed by atoms with Crippen molar-refractivity contribution in [2.45, 2.75) is 103 Å². The van der Waals surface area contributed by atoms with Crippen LogP contribution in [0.5, 0.6) is 0 Å². The molecule has 0 amide bonds. The van der Waals surface area contributed by atoms with Gasteiger partial charge in [0.15, 0.2) is 5.78 Å². The highest BCUT2D eigenvalue weighted by Crippen LogP contribution is 2.34. The normalized spacial score (nSPS) is 19.4. The summed E-state index contributed by atoms with van der Waals surface area (Å²) in [6, 6.07) is 0. The number of unbranched alkanes of at least 4 members (excludes halogenated alkanes) is 2. The van der Waals surface area contributed by atoms with Gasteiger partial charge in [-0.1, -0.05) is 32.8 Å². The molecule has 5 nitrogen and oxygen atoms in total. The number of ketones is 3. The predicted octanol–water partition coefficient (Wildman–Crippen LogP) is 4.66. The number of Topliss-reactive ketones (excluding diaryl/α,β-unsaturated/α-hetero) is 2. The van der Waals surface area contributed by atoms with Crippen molar-refractivity contribution in [3.05, 3.63) is 12.2 Å². The van der Waals surface area contributed by atoms with E-state index in [9.17, 15) is 19.2 Å². The van der Waals surface area contributed by atoms with Crippen LogP contribution in [-0.4, -0.2) is 28.9 Å². The van der Waals surface area contributed by atoms with E-state index in [4.69, 9.17) is 4.74 Å². The second-order valence-corrected chi connectivity index (χ2v) is 7.47. The maximum Gasteiger partial charge on any atom is 0.306 e. The summed E-state index contributed by atoms with van der Waals surface area (Å²) in [6.45, 7) is 4.09. The monoisotopic (exact) mass is 378 g/mol. The Labute approximate surface area is 162 Å². The van der Waals surface area contributed by atoms with Gasteiger partial charge in [0.05, 0.1) is 0 Å². The second-order valence-electron chi connectivity index (χ2n) is 7.47. The third-order valence-corrected chi connectivity index (χ3v) is 5.21. The first-order valence-corrected chi connectivity index (χ1v) is 10.4.